The van der Waals surface area contributed by atoms with E-state index in [4.69, 9.17) is 10.5 Å². The third-order valence-corrected chi connectivity index (χ3v) is 3.68. The van der Waals surface area contributed by atoms with Crippen molar-refractivity contribution in [3.63, 3.8) is 0 Å². The highest BCUT2D eigenvalue weighted by atomic mass is 16.6. The lowest BCUT2D eigenvalue weighted by molar-refractivity contribution is -0.384. The summed E-state index contributed by atoms with van der Waals surface area (Å²) in [7, 11) is 0. The Morgan fingerprint density at radius 2 is 1.95 bits per heavy atom. The number of rotatable bonds is 5. The van der Waals surface area contributed by atoms with Gasteiger partial charge in [-0.25, -0.2) is 0 Å². The van der Waals surface area contributed by atoms with Gasteiger partial charge in [0.1, 0.15) is 0 Å². The first kappa shape index (κ1) is 15.4. The number of nitrogens with zero attached hydrogens (tertiary/aromatic N) is 1. The zero-order valence-electron chi connectivity index (χ0n) is 11.7. The van der Waals surface area contributed by atoms with Crippen molar-refractivity contribution in [2.24, 2.45) is 5.73 Å². The molecule has 1 aliphatic rings. The van der Waals surface area contributed by atoms with Crippen LogP contribution in [0.3, 0.4) is 0 Å². The first-order valence-corrected chi connectivity index (χ1v) is 6.89. The summed E-state index contributed by atoms with van der Waals surface area (Å²) < 4.78 is 5.20. The van der Waals surface area contributed by atoms with E-state index in [-0.39, 0.29) is 11.6 Å². The van der Waals surface area contributed by atoms with Crippen LogP contribution in [-0.2, 0) is 16.0 Å². The average Bonchev–Trinajstić information content (AvgIpc) is 2.48. The molecule has 1 fully saturated rings. The van der Waals surface area contributed by atoms with Gasteiger partial charge < -0.3 is 15.8 Å². The zero-order chi connectivity index (χ0) is 15.3. The molecule has 0 unspecified atom stereocenters. The normalized spacial score (nSPS) is 17.2. The highest BCUT2D eigenvalue weighted by Crippen LogP contribution is 2.17. The topological polar surface area (TPSA) is 107 Å². The molecule has 1 heterocycles. The van der Waals surface area contributed by atoms with Gasteiger partial charge in [0.2, 0.25) is 5.91 Å². The molecule has 2 rings (SSSR count). The largest absolute Gasteiger partial charge is 0.381 e. The predicted octanol–water partition coefficient (Wildman–Crippen LogP) is 0.761. The summed E-state index contributed by atoms with van der Waals surface area (Å²) in [4.78, 5) is 22.2. The number of nitro benzene ring substituents is 1. The van der Waals surface area contributed by atoms with Gasteiger partial charge in [-0.05, 0) is 24.8 Å². The van der Waals surface area contributed by atoms with Gasteiger partial charge in [0.15, 0.2) is 0 Å². The van der Waals surface area contributed by atoms with Crippen molar-refractivity contribution in [1.29, 1.82) is 0 Å². The number of benzene rings is 1. The van der Waals surface area contributed by atoms with Crippen LogP contribution in [0.15, 0.2) is 24.3 Å². The van der Waals surface area contributed by atoms with Crippen LogP contribution >= 0.6 is 0 Å². The lowest BCUT2D eigenvalue weighted by Crippen LogP contribution is -2.57. The van der Waals surface area contributed by atoms with Crippen molar-refractivity contribution in [2.45, 2.75) is 24.8 Å². The molecular weight excluding hydrogens is 274 g/mol. The number of nitro groups is 1. The first-order valence-electron chi connectivity index (χ1n) is 6.89. The predicted molar refractivity (Wildman–Crippen MR) is 76.8 cm³/mol. The summed E-state index contributed by atoms with van der Waals surface area (Å²) in [6, 6.07) is 6.30. The quantitative estimate of drug-likeness (QED) is 0.615. The van der Waals surface area contributed by atoms with E-state index in [1.54, 1.807) is 12.1 Å². The SMILES string of the molecule is NC1(C(=O)NCCc2ccc([N+](=O)[O-])cc2)CCOCC1. The Morgan fingerprint density at radius 1 is 1.33 bits per heavy atom. The minimum Gasteiger partial charge on any atom is -0.381 e. The molecule has 0 radical (unpaired) electrons. The zero-order valence-corrected chi connectivity index (χ0v) is 11.7. The summed E-state index contributed by atoms with van der Waals surface area (Å²) in [6.07, 6.45) is 1.66. The smallest absolute Gasteiger partial charge is 0.269 e. The molecule has 0 aliphatic carbocycles. The second-order valence-corrected chi connectivity index (χ2v) is 5.20. The summed E-state index contributed by atoms with van der Waals surface area (Å²) in [5, 5.41) is 13.4. The van der Waals surface area contributed by atoms with E-state index >= 15 is 0 Å². The van der Waals surface area contributed by atoms with Crippen LogP contribution in [0.25, 0.3) is 0 Å². The maximum atomic E-state index is 12.1. The van der Waals surface area contributed by atoms with Crippen LogP contribution in [0.2, 0.25) is 0 Å². The monoisotopic (exact) mass is 293 g/mol. The van der Waals surface area contributed by atoms with E-state index in [1.807, 2.05) is 0 Å². The maximum Gasteiger partial charge on any atom is 0.269 e. The lowest BCUT2D eigenvalue weighted by Gasteiger charge is -2.31. The van der Waals surface area contributed by atoms with Crippen molar-refractivity contribution >= 4 is 11.6 Å². The van der Waals surface area contributed by atoms with Gasteiger partial charge in [-0.3, -0.25) is 14.9 Å². The number of nitrogens with one attached hydrogen (secondary N) is 1. The Labute approximate surface area is 122 Å². The van der Waals surface area contributed by atoms with Crippen molar-refractivity contribution in [3.8, 4) is 0 Å². The Hall–Kier alpha value is -1.99. The van der Waals surface area contributed by atoms with E-state index in [2.05, 4.69) is 5.32 Å². The van der Waals surface area contributed by atoms with E-state index in [0.717, 1.165) is 5.56 Å². The molecule has 0 aromatic heterocycles. The number of non-ortho nitro benzene ring substituents is 1. The van der Waals surface area contributed by atoms with Crippen LogP contribution in [0.4, 0.5) is 5.69 Å². The van der Waals surface area contributed by atoms with Gasteiger partial charge in [0.05, 0.1) is 10.5 Å². The average molecular weight is 293 g/mol. The molecule has 7 heteroatoms. The van der Waals surface area contributed by atoms with Crippen LogP contribution in [-0.4, -0.2) is 36.1 Å². The molecule has 1 aromatic rings. The van der Waals surface area contributed by atoms with Crippen molar-refractivity contribution in [2.75, 3.05) is 19.8 Å². The van der Waals surface area contributed by atoms with Crippen LogP contribution in [0, 0.1) is 10.1 Å². The van der Waals surface area contributed by atoms with E-state index in [1.165, 1.54) is 12.1 Å². The highest BCUT2D eigenvalue weighted by Gasteiger charge is 2.35. The molecule has 21 heavy (non-hydrogen) atoms. The molecule has 1 aliphatic heterocycles. The number of carbonyl (C=O) groups excluding carboxylic acids is 1. The van der Waals surface area contributed by atoms with Gasteiger partial charge in [0, 0.05) is 31.9 Å². The number of nitrogens with two attached hydrogens (primary N) is 1. The Kier molecular flexibility index (Phi) is 4.87. The third-order valence-electron chi connectivity index (χ3n) is 3.68. The molecule has 0 saturated carbocycles. The summed E-state index contributed by atoms with van der Waals surface area (Å²) in [6.45, 7) is 1.47. The molecule has 1 saturated heterocycles. The molecule has 114 valence electrons. The fraction of sp³-hybridized carbons (Fsp3) is 0.500. The standard InChI is InChI=1S/C14H19N3O4/c15-14(6-9-21-10-7-14)13(18)16-8-5-11-1-3-12(4-2-11)17(19)20/h1-4H,5-10,15H2,(H,16,18). The number of carbonyl (C=O) groups is 1. The molecule has 1 amide bonds. The van der Waals surface area contributed by atoms with Crippen LogP contribution in [0.1, 0.15) is 18.4 Å². The number of amides is 1. The van der Waals surface area contributed by atoms with Gasteiger partial charge in [-0.2, -0.15) is 0 Å². The van der Waals surface area contributed by atoms with Gasteiger partial charge in [0.25, 0.3) is 5.69 Å². The van der Waals surface area contributed by atoms with Crippen LogP contribution < -0.4 is 11.1 Å². The lowest BCUT2D eigenvalue weighted by atomic mass is 9.90. The first-order chi connectivity index (χ1) is 10.0. The molecule has 0 atom stereocenters. The molecular formula is C14H19N3O4. The molecule has 0 bridgehead atoms. The van der Waals surface area contributed by atoms with Gasteiger partial charge >= 0.3 is 0 Å². The molecule has 1 aromatic carbocycles. The van der Waals surface area contributed by atoms with Crippen molar-refractivity contribution in [1.82, 2.24) is 5.32 Å². The van der Waals surface area contributed by atoms with Crippen molar-refractivity contribution < 1.29 is 14.5 Å². The van der Waals surface area contributed by atoms with Gasteiger partial charge in [-0.15, -0.1) is 0 Å². The second-order valence-electron chi connectivity index (χ2n) is 5.20. The van der Waals surface area contributed by atoms with Crippen molar-refractivity contribution in [3.05, 3.63) is 39.9 Å². The fourth-order valence-corrected chi connectivity index (χ4v) is 2.24. The van der Waals surface area contributed by atoms with Gasteiger partial charge in [-0.1, -0.05) is 12.1 Å². The fourth-order valence-electron chi connectivity index (χ4n) is 2.24. The Balaban J connectivity index is 1.80. The third kappa shape index (κ3) is 3.99. The van der Waals surface area contributed by atoms with Crippen LogP contribution in [0.5, 0.6) is 0 Å². The summed E-state index contributed by atoms with van der Waals surface area (Å²) in [5.74, 6) is -0.160. The van der Waals surface area contributed by atoms with E-state index in [9.17, 15) is 14.9 Å². The number of ether oxygens (including phenoxy) is 1. The molecule has 0 spiro atoms. The second kappa shape index (κ2) is 6.64. The van der Waals surface area contributed by atoms with E-state index < -0.39 is 10.5 Å². The minimum atomic E-state index is -0.840. The Morgan fingerprint density at radius 3 is 2.52 bits per heavy atom. The molecule has 7 nitrogen and oxygen atoms in total. The number of hydrogen-bond acceptors (Lipinski definition) is 5. The highest BCUT2D eigenvalue weighted by molar-refractivity contribution is 5.86. The maximum absolute atomic E-state index is 12.1. The minimum absolute atomic E-state index is 0.0610. The number of hydrogen-bond donors (Lipinski definition) is 2. The summed E-state index contributed by atoms with van der Waals surface area (Å²) >= 11 is 0. The van der Waals surface area contributed by atoms with E-state index in [0.29, 0.717) is 39.0 Å². The summed E-state index contributed by atoms with van der Waals surface area (Å²) in [5.41, 5.74) is 6.22. The molecule has 3 N–H and O–H groups in total. The Bertz CT molecular complexity index is 509.